The monoisotopic (exact) mass is 431 g/mol. The molecule has 30 heavy (non-hydrogen) atoms. The minimum Gasteiger partial charge on any atom is -0.474 e. The molecule has 2 aliphatic carbocycles. The summed E-state index contributed by atoms with van der Waals surface area (Å²) in [5, 5.41) is 4.15. The average molecular weight is 432 g/mol. The van der Waals surface area contributed by atoms with E-state index in [-0.39, 0.29) is 18.2 Å². The molecule has 0 bridgehead atoms. The number of alkyl carbamates (subject to hydrolysis) is 1. The fraction of sp³-hybridized carbons (Fsp3) is 0.696. The van der Waals surface area contributed by atoms with E-state index in [4.69, 9.17) is 9.47 Å². The Hall–Kier alpha value is -1.89. The van der Waals surface area contributed by atoms with Crippen molar-refractivity contribution < 1.29 is 14.3 Å². The second-order valence-corrected chi connectivity index (χ2v) is 10.6. The third-order valence-electron chi connectivity index (χ3n) is 6.01. The van der Waals surface area contributed by atoms with E-state index in [1.807, 2.05) is 32.1 Å². The van der Waals surface area contributed by atoms with Crippen molar-refractivity contribution >= 4 is 27.6 Å². The summed E-state index contributed by atoms with van der Waals surface area (Å²) in [4.78, 5) is 23.6. The van der Waals surface area contributed by atoms with E-state index >= 15 is 0 Å². The predicted octanol–water partition coefficient (Wildman–Crippen LogP) is 5.74. The van der Waals surface area contributed by atoms with Gasteiger partial charge in [0.2, 0.25) is 5.88 Å². The summed E-state index contributed by atoms with van der Waals surface area (Å²) in [6, 6.07) is 0.143. The molecule has 0 unspecified atom stereocenters. The number of thiophene rings is 1. The zero-order valence-electron chi connectivity index (χ0n) is 18.5. The van der Waals surface area contributed by atoms with E-state index in [0.29, 0.717) is 5.92 Å². The number of carbonyl (C=O) groups excluding carboxylic acids is 1. The Bertz CT molecular complexity index is 897. The van der Waals surface area contributed by atoms with Crippen LogP contribution in [0.2, 0.25) is 0 Å². The number of nitrogens with one attached hydrogen (secondary N) is 1. The van der Waals surface area contributed by atoms with Gasteiger partial charge in [-0.3, -0.25) is 0 Å². The third kappa shape index (κ3) is 4.71. The molecule has 1 atom stereocenters. The second-order valence-electron chi connectivity index (χ2n) is 9.56. The number of hydrogen-bond acceptors (Lipinski definition) is 6. The topological polar surface area (TPSA) is 73.3 Å². The Morgan fingerprint density at radius 2 is 1.97 bits per heavy atom. The van der Waals surface area contributed by atoms with Gasteiger partial charge in [-0.05, 0) is 77.2 Å². The fourth-order valence-electron chi connectivity index (χ4n) is 4.72. The highest BCUT2D eigenvalue weighted by molar-refractivity contribution is 7.19. The van der Waals surface area contributed by atoms with E-state index in [1.165, 1.54) is 29.7 Å². The molecular formula is C23H33N3O3S. The molecule has 2 heterocycles. The van der Waals surface area contributed by atoms with E-state index in [9.17, 15) is 4.79 Å². The fourth-order valence-corrected chi connectivity index (χ4v) is 5.96. The van der Waals surface area contributed by atoms with E-state index in [1.54, 1.807) is 6.33 Å². The summed E-state index contributed by atoms with van der Waals surface area (Å²) in [5.41, 5.74) is 0.979. The summed E-state index contributed by atoms with van der Waals surface area (Å²) in [6.45, 7) is 7.90. The summed E-state index contributed by atoms with van der Waals surface area (Å²) in [7, 11) is 0. The number of hydrogen-bond donors (Lipinski definition) is 1. The van der Waals surface area contributed by atoms with Crippen LogP contribution < -0.4 is 10.1 Å². The summed E-state index contributed by atoms with van der Waals surface area (Å²) < 4.78 is 11.8. The Morgan fingerprint density at radius 1 is 1.20 bits per heavy atom. The SMILES string of the molecule is CCC[C@H]1CCc2sc3ncnc(O[C@H]4CC[C@H](NC(=O)OC(C)(C)C)CC4)c3c21. The maximum Gasteiger partial charge on any atom is 0.407 e. The minimum atomic E-state index is -0.473. The van der Waals surface area contributed by atoms with Gasteiger partial charge in [-0.15, -0.1) is 11.3 Å². The first-order chi connectivity index (χ1) is 14.3. The van der Waals surface area contributed by atoms with Gasteiger partial charge >= 0.3 is 6.09 Å². The largest absolute Gasteiger partial charge is 0.474 e. The first-order valence-electron chi connectivity index (χ1n) is 11.3. The van der Waals surface area contributed by atoms with Crippen LogP contribution >= 0.6 is 11.3 Å². The van der Waals surface area contributed by atoms with E-state index < -0.39 is 5.60 Å². The van der Waals surface area contributed by atoms with Crippen LogP contribution in [0.5, 0.6) is 5.88 Å². The zero-order valence-corrected chi connectivity index (χ0v) is 19.3. The van der Waals surface area contributed by atoms with Crippen molar-refractivity contribution in [1.82, 2.24) is 15.3 Å². The molecule has 1 N–H and O–H groups in total. The summed E-state index contributed by atoms with van der Waals surface area (Å²) in [5.74, 6) is 1.37. The normalized spacial score (nSPS) is 23.9. The Balaban J connectivity index is 1.41. The summed E-state index contributed by atoms with van der Waals surface area (Å²) >= 11 is 1.81. The van der Waals surface area contributed by atoms with Crippen molar-refractivity contribution in [3.05, 3.63) is 16.8 Å². The highest BCUT2D eigenvalue weighted by Crippen LogP contribution is 2.47. The second kappa shape index (κ2) is 8.69. The van der Waals surface area contributed by atoms with Crippen LogP contribution in [0, 0.1) is 0 Å². The molecule has 1 fully saturated rings. The molecule has 0 aliphatic heterocycles. The van der Waals surface area contributed by atoms with Crippen molar-refractivity contribution in [3.8, 4) is 5.88 Å². The lowest BCUT2D eigenvalue weighted by atomic mass is 9.93. The molecule has 0 aromatic carbocycles. The zero-order chi connectivity index (χ0) is 21.3. The van der Waals surface area contributed by atoms with Gasteiger partial charge in [-0.25, -0.2) is 14.8 Å². The molecule has 1 amide bonds. The van der Waals surface area contributed by atoms with Crippen molar-refractivity contribution in [2.24, 2.45) is 0 Å². The molecule has 1 saturated carbocycles. The number of ether oxygens (including phenoxy) is 2. The van der Waals surface area contributed by atoms with Crippen LogP contribution in [-0.4, -0.2) is 33.8 Å². The Morgan fingerprint density at radius 3 is 2.67 bits per heavy atom. The maximum absolute atomic E-state index is 12.0. The molecule has 0 spiro atoms. The van der Waals surface area contributed by atoms with E-state index in [0.717, 1.165) is 48.2 Å². The quantitative estimate of drug-likeness (QED) is 0.654. The Labute approximate surface area is 182 Å². The first-order valence-corrected chi connectivity index (χ1v) is 12.1. The summed E-state index contributed by atoms with van der Waals surface area (Å²) in [6.07, 6.45) is 9.80. The van der Waals surface area contributed by atoms with Gasteiger partial charge in [-0.2, -0.15) is 0 Å². The van der Waals surface area contributed by atoms with Gasteiger partial charge in [0.25, 0.3) is 0 Å². The highest BCUT2D eigenvalue weighted by Gasteiger charge is 2.31. The van der Waals surface area contributed by atoms with Gasteiger partial charge in [0.15, 0.2) is 0 Å². The Kier molecular flexibility index (Phi) is 6.19. The molecule has 0 saturated heterocycles. The number of rotatable bonds is 5. The highest BCUT2D eigenvalue weighted by atomic mass is 32.1. The first kappa shape index (κ1) is 21.3. The van der Waals surface area contributed by atoms with E-state index in [2.05, 4.69) is 22.2 Å². The smallest absolute Gasteiger partial charge is 0.407 e. The van der Waals surface area contributed by atoms with Crippen molar-refractivity contribution in [1.29, 1.82) is 0 Å². The van der Waals surface area contributed by atoms with Gasteiger partial charge in [-0.1, -0.05) is 13.3 Å². The predicted molar refractivity (Wildman–Crippen MR) is 119 cm³/mol. The minimum absolute atomic E-state index is 0.126. The van der Waals surface area contributed by atoms with Crippen LogP contribution in [0.3, 0.4) is 0 Å². The average Bonchev–Trinajstić information content (AvgIpc) is 3.22. The van der Waals surface area contributed by atoms with Crippen molar-refractivity contribution in [2.45, 2.75) is 103 Å². The lowest BCUT2D eigenvalue weighted by Crippen LogP contribution is -2.42. The number of aromatic nitrogens is 2. The van der Waals surface area contributed by atoms with Crippen molar-refractivity contribution in [2.75, 3.05) is 0 Å². The molecule has 6 nitrogen and oxygen atoms in total. The van der Waals surface area contributed by atoms with Crippen LogP contribution in [0.25, 0.3) is 10.2 Å². The number of amides is 1. The number of fused-ring (bicyclic) bond motifs is 3. The van der Waals surface area contributed by atoms with Gasteiger partial charge in [0, 0.05) is 10.9 Å². The number of nitrogens with zero attached hydrogens (tertiary/aromatic N) is 2. The molecule has 2 aromatic heterocycles. The molecule has 4 rings (SSSR count). The number of aryl methyl sites for hydroxylation is 1. The van der Waals surface area contributed by atoms with Crippen LogP contribution in [-0.2, 0) is 11.2 Å². The van der Waals surface area contributed by atoms with Crippen LogP contribution in [0.4, 0.5) is 4.79 Å². The van der Waals surface area contributed by atoms with Crippen LogP contribution in [0.1, 0.15) is 89.0 Å². The molecular weight excluding hydrogens is 398 g/mol. The lowest BCUT2D eigenvalue weighted by Gasteiger charge is -2.30. The van der Waals surface area contributed by atoms with Crippen molar-refractivity contribution in [3.63, 3.8) is 0 Å². The molecule has 2 aliphatic rings. The maximum atomic E-state index is 12.0. The molecule has 7 heteroatoms. The standard InChI is InChI=1S/C23H33N3O3S/c1-5-6-14-7-12-17-18(14)19-20(24-13-25-21(19)30-17)28-16-10-8-15(9-11-16)26-22(27)29-23(2,3)4/h13-16H,5-12H2,1-4H3,(H,26,27)/t14-,15-,16-/m0/s1. The van der Waals surface area contributed by atoms with Gasteiger partial charge in [0.1, 0.15) is 22.9 Å². The molecule has 164 valence electrons. The molecule has 2 aromatic rings. The third-order valence-corrected chi connectivity index (χ3v) is 7.18. The molecule has 0 radical (unpaired) electrons. The van der Waals surface area contributed by atoms with Gasteiger partial charge in [0.05, 0.1) is 5.39 Å². The van der Waals surface area contributed by atoms with Crippen LogP contribution in [0.15, 0.2) is 6.33 Å². The van der Waals surface area contributed by atoms with Gasteiger partial charge < -0.3 is 14.8 Å². The number of carbonyl (C=O) groups is 1. The lowest BCUT2D eigenvalue weighted by molar-refractivity contribution is 0.0470.